The topological polar surface area (TPSA) is 76.0 Å². The van der Waals surface area contributed by atoms with E-state index in [0.717, 1.165) is 0 Å². The van der Waals surface area contributed by atoms with Crippen LogP contribution in [0.4, 0.5) is 0 Å². The molecular formula is C9H14O5. The maximum absolute atomic E-state index is 11.2. The molecule has 1 heterocycles. The number of carbonyl (C=O) groups excluding carboxylic acids is 1. The van der Waals surface area contributed by atoms with Crippen molar-refractivity contribution in [2.45, 2.75) is 31.3 Å². The van der Waals surface area contributed by atoms with Crippen molar-refractivity contribution in [3.63, 3.8) is 0 Å². The summed E-state index contributed by atoms with van der Waals surface area (Å²) in [6.45, 7) is 5.35. The molecule has 5 nitrogen and oxygen atoms in total. The molecule has 0 aromatic heterocycles. The van der Waals surface area contributed by atoms with Gasteiger partial charge in [0.05, 0.1) is 0 Å². The zero-order valence-electron chi connectivity index (χ0n) is 7.92. The number of carbonyl (C=O) groups is 1. The Hall–Kier alpha value is -0.910. The van der Waals surface area contributed by atoms with Gasteiger partial charge in [-0.1, -0.05) is 6.08 Å². The Bertz CT molecular complexity index is 227. The van der Waals surface area contributed by atoms with Crippen LogP contribution in [-0.2, 0) is 14.3 Å². The second kappa shape index (κ2) is 4.54. The molecule has 1 aliphatic heterocycles. The van der Waals surface area contributed by atoms with Gasteiger partial charge in [-0.05, 0) is 6.92 Å². The van der Waals surface area contributed by atoms with Crippen LogP contribution in [0.25, 0.3) is 0 Å². The van der Waals surface area contributed by atoms with Crippen molar-refractivity contribution in [1.29, 1.82) is 0 Å². The van der Waals surface area contributed by atoms with Crippen LogP contribution in [-0.4, -0.2) is 47.2 Å². The van der Waals surface area contributed by atoms with Crippen molar-refractivity contribution in [2.75, 3.05) is 6.61 Å². The van der Waals surface area contributed by atoms with Gasteiger partial charge in [-0.2, -0.15) is 0 Å². The molecule has 2 N–H and O–H groups in total. The standard InChI is InChI=1S/C9H14O5/c1-3-5(10)7-6(11)8(13-4-2)9(12)14-7/h3,5-8,10-11H,1,4H2,2H3/t5-,6?,7+,8-/m1/s1. The number of rotatable bonds is 4. The molecule has 1 saturated heterocycles. The Balaban J connectivity index is 2.68. The Kier molecular flexibility index (Phi) is 3.62. The van der Waals surface area contributed by atoms with E-state index >= 15 is 0 Å². The SMILES string of the molecule is C=C[C@@H](O)[C@@H]1OC(=O)[C@H](OCC)C1O. The van der Waals surface area contributed by atoms with Crippen LogP contribution in [0.3, 0.4) is 0 Å². The lowest BCUT2D eigenvalue weighted by molar-refractivity contribution is -0.151. The molecule has 0 bridgehead atoms. The zero-order chi connectivity index (χ0) is 10.7. The van der Waals surface area contributed by atoms with Crippen molar-refractivity contribution in [2.24, 2.45) is 0 Å². The van der Waals surface area contributed by atoms with Crippen molar-refractivity contribution >= 4 is 5.97 Å². The third kappa shape index (κ3) is 1.95. The van der Waals surface area contributed by atoms with E-state index in [0.29, 0.717) is 6.61 Å². The highest BCUT2D eigenvalue weighted by Crippen LogP contribution is 2.21. The minimum atomic E-state index is -1.14. The fourth-order valence-corrected chi connectivity index (χ4v) is 1.33. The van der Waals surface area contributed by atoms with Crippen molar-refractivity contribution in [3.05, 3.63) is 12.7 Å². The third-order valence-electron chi connectivity index (χ3n) is 2.06. The van der Waals surface area contributed by atoms with Crippen molar-refractivity contribution in [3.8, 4) is 0 Å². The highest BCUT2D eigenvalue weighted by atomic mass is 16.6. The first-order chi connectivity index (χ1) is 6.61. The minimum absolute atomic E-state index is 0.299. The number of cyclic esters (lactones) is 1. The zero-order valence-corrected chi connectivity index (χ0v) is 7.92. The maximum atomic E-state index is 11.2. The van der Waals surface area contributed by atoms with Crippen molar-refractivity contribution in [1.82, 2.24) is 0 Å². The predicted octanol–water partition coefficient (Wildman–Crippen LogP) is -0.775. The summed E-state index contributed by atoms with van der Waals surface area (Å²) in [7, 11) is 0. The first-order valence-electron chi connectivity index (χ1n) is 4.42. The van der Waals surface area contributed by atoms with Gasteiger partial charge in [0, 0.05) is 6.61 Å². The molecule has 0 aliphatic carbocycles. The normalized spacial score (nSPS) is 33.9. The first-order valence-corrected chi connectivity index (χ1v) is 4.42. The summed E-state index contributed by atoms with van der Waals surface area (Å²) in [5, 5.41) is 18.9. The lowest BCUT2D eigenvalue weighted by Gasteiger charge is -2.17. The van der Waals surface area contributed by atoms with Gasteiger partial charge >= 0.3 is 5.97 Å². The fourth-order valence-electron chi connectivity index (χ4n) is 1.33. The molecule has 0 spiro atoms. The van der Waals surface area contributed by atoms with Gasteiger partial charge in [-0.15, -0.1) is 6.58 Å². The van der Waals surface area contributed by atoms with Crippen LogP contribution in [0, 0.1) is 0 Å². The second-order valence-electron chi connectivity index (χ2n) is 2.99. The Morgan fingerprint density at radius 1 is 1.79 bits per heavy atom. The molecule has 0 aromatic rings. The molecule has 0 aromatic carbocycles. The molecule has 1 fully saturated rings. The number of aliphatic hydroxyl groups excluding tert-OH is 2. The molecule has 1 aliphatic rings. The molecule has 14 heavy (non-hydrogen) atoms. The van der Waals surface area contributed by atoms with E-state index in [9.17, 15) is 15.0 Å². The van der Waals surface area contributed by atoms with E-state index in [1.807, 2.05) is 0 Å². The predicted molar refractivity (Wildman–Crippen MR) is 47.5 cm³/mol. The number of esters is 1. The largest absolute Gasteiger partial charge is 0.454 e. The van der Waals surface area contributed by atoms with Crippen LogP contribution in [0.2, 0.25) is 0 Å². The second-order valence-corrected chi connectivity index (χ2v) is 2.99. The molecule has 1 unspecified atom stereocenters. The molecule has 0 amide bonds. The van der Waals surface area contributed by atoms with Crippen LogP contribution in [0.5, 0.6) is 0 Å². The monoisotopic (exact) mass is 202 g/mol. The highest BCUT2D eigenvalue weighted by Gasteiger charge is 2.46. The van der Waals surface area contributed by atoms with Crippen LogP contribution in [0.15, 0.2) is 12.7 Å². The quantitative estimate of drug-likeness (QED) is 0.462. The molecule has 5 heteroatoms. The average Bonchev–Trinajstić information content (AvgIpc) is 2.45. The van der Waals surface area contributed by atoms with E-state index < -0.39 is 30.4 Å². The summed E-state index contributed by atoms with van der Waals surface area (Å²) in [4.78, 5) is 11.2. The van der Waals surface area contributed by atoms with Gasteiger partial charge in [0.25, 0.3) is 0 Å². The number of hydrogen-bond acceptors (Lipinski definition) is 5. The van der Waals surface area contributed by atoms with Gasteiger partial charge in [-0.3, -0.25) is 0 Å². The molecule has 0 saturated carbocycles. The van der Waals surface area contributed by atoms with E-state index in [-0.39, 0.29) is 0 Å². The average molecular weight is 202 g/mol. The fraction of sp³-hybridized carbons (Fsp3) is 0.667. The molecule has 80 valence electrons. The lowest BCUT2D eigenvalue weighted by atomic mass is 10.1. The van der Waals surface area contributed by atoms with Crippen LogP contribution < -0.4 is 0 Å². The van der Waals surface area contributed by atoms with Crippen LogP contribution in [0.1, 0.15) is 6.92 Å². The highest BCUT2D eigenvalue weighted by molar-refractivity contribution is 5.78. The van der Waals surface area contributed by atoms with E-state index in [4.69, 9.17) is 9.47 Å². The first kappa shape index (κ1) is 11.2. The molecular weight excluding hydrogens is 188 g/mol. The lowest BCUT2D eigenvalue weighted by Crippen LogP contribution is -2.38. The van der Waals surface area contributed by atoms with Gasteiger partial charge in [0.2, 0.25) is 0 Å². The van der Waals surface area contributed by atoms with Crippen LogP contribution >= 0.6 is 0 Å². The Labute approximate surface area is 81.9 Å². The Morgan fingerprint density at radius 3 is 2.93 bits per heavy atom. The number of hydrogen-bond donors (Lipinski definition) is 2. The van der Waals surface area contributed by atoms with E-state index in [1.54, 1.807) is 6.92 Å². The van der Waals surface area contributed by atoms with Gasteiger partial charge in [0.15, 0.2) is 12.2 Å². The summed E-state index contributed by atoms with van der Waals surface area (Å²) in [5.74, 6) is -0.648. The third-order valence-corrected chi connectivity index (χ3v) is 2.06. The van der Waals surface area contributed by atoms with Gasteiger partial charge in [0.1, 0.15) is 12.2 Å². The maximum Gasteiger partial charge on any atom is 0.338 e. The number of aliphatic hydroxyl groups is 2. The number of ether oxygens (including phenoxy) is 2. The van der Waals surface area contributed by atoms with Gasteiger partial charge < -0.3 is 19.7 Å². The summed E-state index contributed by atoms with van der Waals surface area (Å²) in [6, 6.07) is 0. The molecule has 0 radical (unpaired) electrons. The molecule has 1 rings (SSSR count). The Morgan fingerprint density at radius 2 is 2.43 bits per heavy atom. The van der Waals surface area contributed by atoms with E-state index in [2.05, 4.69) is 6.58 Å². The van der Waals surface area contributed by atoms with Crippen molar-refractivity contribution < 1.29 is 24.5 Å². The van der Waals surface area contributed by atoms with E-state index in [1.165, 1.54) is 6.08 Å². The summed E-state index contributed by atoms with van der Waals surface area (Å²) < 4.78 is 9.74. The summed E-state index contributed by atoms with van der Waals surface area (Å²) in [5.41, 5.74) is 0. The summed E-state index contributed by atoms with van der Waals surface area (Å²) >= 11 is 0. The van der Waals surface area contributed by atoms with Gasteiger partial charge in [-0.25, -0.2) is 4.79 Å². The smallest absolute Gasteiger partial charge is 0.338 e. The molecule has 4 atom stereocenters. The summed E-state index contributed by atoms with van der Waals surface area (Å²) in [6.07, 6.45) is -2.99. The minimum Gasteiger partial charge on any atom is -0.454 e.